The lowest BCUT2D eigenvalue weighted by Gasteiger charge is -2.15. The molecule has 7 nitrogen and oxygen atoms in total. The molecule has 0 bridgehead atoms. The Morgan fingerprint density at radius 3 is 2.67 bits per heavy atom. The van der Waals surface area contributed by atoms with Gasteiger partial charge in [-0.3, -0.25) is 14.2 Å². The number of nitrogens with one attached hydrogen (secondary N) is 1. The zero-order valence-electron chi connectivity index (χ0n) is 13.5. The van der Waals surface area contributed by atoms with E-state index >= 15 is 0 Å². The Bertz CT molecular complexity index is 786. The fraction of sp³-hybridized carbons (Fsp3) is 0.471. The van der Waals surface area contributed by atoms with Gasteiger partial charge in [-0.25, -0.2) is 4.79 Å². The molecule has 2 aromatic rings. The maximum Gasteiger partial charge on any atom is 0.419 e. The van der Waals surface area contributed by atoms with E-state index in [1.54, 1.807) is 18.2 Å². The van der Waals surface area contributed by atoms with Gasteiger partial charge in [0.15, 0.2) is 5.58 Å². The van der Waals surface area contributed by atoms with Crippen molar-refractivity contribution in [3.05, 3.63) is 34.8 Å². The van der Waals surface area contributed by atoms with Crippen molar-refractivity contribution in [2.75, 3.05) is 19.6 Å². The number of oxazole rings is 1. The van der Waals surface area contributed by atoms with Gasteiger partial charge in [0.25, 0.3) is 0 Å². The molecular weight excluding hydrogens is 310 g/mol. The van der Waals surface area contributed by atoms with Gasteiger partial charge in [-0.1, -0.05) is 12.1 Å². The zero-order chi connectivity index (χ0) is 16.9. The normalized spacial score (nSPS) is 14.2. The molecule has 1 aromatic heterocycles. The van der Waals surface area contributed by atoms with Crippen LogP contribution in [0.4, 0.5) is 0 Å². The molecular formula is C17H21N3O4. The van der Waals surface area contributed by atoms with E-state index in [-0.39, 0.29) is 24.8 Å². The van der Waals surface area contributed by atoms with Gasteiger partial charge in [-0.05, 0) is 25.0 Å². The van der Waals surface area contributed by atoms with E-state index in [9.17, 15) is 14.4 Å². The standard InChI is InChI=1S/C17H21N3O4/c21-15(18-9-7-16(22)19-10-3-4-11-19)8-12-20-13-5-1-2-6-14(13)24-17(20)23/h1-2,5-6H,3-4,7-12H2,(H,18,21). The Balaban J connectivity index is 1.46. The molecule has 1 aliphatic rings. The number of carbonyl (C=O) groups is 2. The molecule has 7 heteroatoms. The van der Waals surface area contributed by atoms with Gasteiger partial charge in [0.2, 0.25) is 11.8 Å². The topological polar surface area (TPSA) is 84.5 Å². The summed E-state index contributed by atoms with van der Waals surface area (Å²) in [5.74, 6) is -0.556. The molecule has 1 N–H and O–H groups in total. The minimum Gasteiger partial charge on any atom is -0.408 e. The molecule has 1 fully saturated rings. The van der Waals surface area contributed by atoms with Crippen LogP contribution in [-0.4, -0.2) is 40.9 Å². The lowest BCUT2D eigenvalue weighted by Crippen LogP contribution is -2.33. The number of rotatable bonds is 6. The van der Waals surface area contributed by atoms with Crippen molar-refractivity contribution in [2.24, 2.45) is 0 Å². The molecule has 1 aromatic carbocycles. The van der Waals surface area contributed by atoms with E-state index in [1.807, 2.05) is 11.0 Å². The maximum absolute atomic E-state index is 11.9. The lowest BCUT2D eigenvalue weighted by atomic mass is 10.3. The molecule has 2 amide bonds. The molecule has 0 aliphatic carbocycles. The number of para-hydroxylation sites is 2. The van der Waals surface area contributed by atoms with E-state index < -0.39 is 5.76 Å². The highest BCUT2D eigenvalue weighted by molar-refractivity contribution is 5.79. The summed E-state index contributed by atoms with van der Waals surface area (Å²) in [6.07, 6.45) is 2.61. The number of carbonyl (C=O) groups excluding carboxylic acids is 2. The summed E-state index contributed by atoms with van der Waals surface area (Å²) in [7, 11) is 0. The van der Waals surface area contributed by atoms with Crippen molar-refractivity contribution < 1.29 is 14.0 Å². The molecule has 24 heavy (non-hydrogen) atoms. The fourth-order valence-corrected chi connectivity index (χ4v) is 2.96. The summed E-state index contributed by atoms with van der Waals surface area (Å²) in [5, 5.41) is 2.73. The van der Waals surface area contributed by atoms with E-state index in [1.165, 1.54) is 4.57 Å². The first-order valence-electron chi connectivity index (χ1n) is 8.28. The van der Waals surface area contributed by atoms with E-state index in [4.69, 9.17) is 4.42 Å². The first kappa shape index (κ1) is 16.3. The highest BCUT2D eigenvalue weighted by Gasteiger charge is 2.17. The van der Waals surface area contributed by atoms with E-state index in [0.29, 0.717) is 24.1 Å². The second-order valence-electron chi connectivity index (χ2n) is 5.93. The van der Waals surface area contributed by atoms with Crippen molar-refractivity contribution in [1.29, 1.82) is 0 Å². The summed E-state index contributed by atoms with van der Waals surface area (Å²) in [4.78, 5) is 37.4. The fourth-order valence-electron chi connectivity index (χ4n) is 2.96. The van der Waals surface area contributed by atoms with Crippen molar-refractivity contribution in [2.45, 2.75) is 32.2 Å². The third-order valence-corrected chi connectivity index (χ3v) is 4.26. The number of amides is 2. The summed E-state index contributed by atoms with van der Waals surface area (Å²) < 4.78 is 6.58. The van der Waals surface area contributed by atoms with Gasteiger partial charge in [-0.15, -0.1) is 0 Å². The SMILES string of the molecule is O=C(CCn1c(=O)oc2ccccc21)NCCC(=O)N1CCCC1. The third kappa shape index (κ3) is 3.67. The average molecular weight is 331 g/mol. The molecule has 0 saturated carbocycles. The van der Waals surface area contributed by atoms with Gasteiger partial charge in [0.1, 0.15) is 0 Å². The number of fused-ring (bicyclic) bond motifs is 1. The van der Waals surface area contributed by atoms with Crippen molar-refractivity contribution in [3.63, 3.8) is 0 Å². The van der Waals surface area contributed by atoms with Crippen molar-refractivity contribution in [3.8, 4) is 0 Å². The summed E-state index contributed by atoms with van der Waals surface area (Å²) in [6.45, 7) is 2.23. The smallest absolute Gasteiger partial charge is 0.408 e. The molecule has 0 atom stereocenters. The monoisotopic (exact) mass is 331 g/mol. The number of likely N-dealkylation sites (tertiary alicyclic amines) is 1. The van der Waals surface area contributed by atoms with Crippen LogP contribution < -0.4 is 11.1 Å². The van der Waals surface area contributed by atoms with Crippen LogP contribution in [-0.2, 0) is 16.1 Å². The van der Waals surface area contributed by atoms with Crippen LogP contribution in [0.3, 0.4) is 0 Å². The number of aryl methyl sites for hydroxylation is 1. The van der Waals surface area contributed by atoms with Crippen LogP contribution in [0.1, 0.15) is 25.7 Å². The minimum atomic E-state index is -0.465. The molecule has 1 saturated heterocycles. The van der Waals surface area contributed by atoms with Crippen LogP contribution in [0, 0.1) is 0 Å². The number of hydrogen-bond acceptors (Lipinski definition) is 4. The third-order valence-electron chi connectivity index (χ3n) is 4.26. The van der Waals surface area contributed by atoms with Gasteiger partial charge >= 0.3 is 5.76 Å². The highest BCUT2D eigenvalue weighted by atomic mass is 16.4. The quantitative estimate of drug-likeness (QED) is 0.859. The molecule has 1 aliphatic heterocycles. The average Bonchev–Trinajstić information content (AvgIpc) is 3.20. The van der Waals surface area contributed by atoms with Crippen LogP contribution >= 0.6 is 0 Å². The largest absolute Gasteiger partial charge is 0.419 e. The zero-order valence-corrected chi connectivity index (χ0v) is 13.5. The van der Waals surface area contributed by atoms with Gasteiger partial charge in [-0.2, -0.15) is 0 Å². The van der Waals surface area contributed by atoms with Gasteiger partial charge in [0.05, 0.1) is 5.52 Å². The second kappa shape index (κ2) is 7.33. The van der Waals surface area contributed by atoms with E-state index in [2.05, 4.69) is 5.32 Å². The molecule has 0 unspecified atom stereocenters. The Kier molecular flexibility index (Phi) is 4.98. The van der Waals surface area contributed by atoms with Crippen LogP contribution in [0.5, 0.6) is 0 Å². The number of hydrogen-bond donors (Lipinski definition) is 1. The van der Waals surface area contributed by atoms with Crippen LogP contribution in [0.2, 0.25) is 0 Å². The Morgan fingerprint density at radius 2 is 1.88 bits per heavy atom. The van der Waals surface area contributed by atoms with Crippen LogP contribution in [0.25, 0.3) is 11.1 Å². The Hall–Kier alpha value is -2.57. The number of nitrogens with zero attached hydrogens (tertiary/aromatic N) is 2. The van der Waals surface area contributed by atoms with Crippen molar-refractivity contribution >= 4 is 22.9 Å². The molecule has 0 radical (unpaired) electrons. The lowest BCUT2D eigenvalue weighted by molar-refractivity contribution is -0.130. The molecule has 0 spiro atoms. The first-order chi connectivity index (χ1) is 11.6. The predicted octanol–water partition coefficient (Wildman–Crippen LogP) is 1.11. The summed E-state index contributed by atoms with van der Waals surface area (Å²) in [5.41, 5.74) is 1.19. The summed E-state index contributed by atoms with van der Waals surface area (Å²) in [6, 6.07) is 7.11. The molecule has 3 rings (SSSR count). The predicted molar refractivity (Wildman–Crippen MR) is 88.5 cm³/mol. The van der Waals surface area contributed by atoms with Gasteiger partial charge < -0.3 is 14.6 Å². The van der Waals surface area contributed by atoms with Gasteiger partial charge in [0, 0.05) is 39.0 Å². The van der Waals surface area contributed by atoms with Crippen LogP contribution in [0.15, 0.2) is 33.5 Å². The summed E-state index contributed by atoms with van der Waals surface area (Å²) >= 11 is 0. The molecule has 128 valence electrons. The minimum absolute atomic E-state index is 0.0878. The molecule has 2 heterocycles. The maximum atomic E-state index is 11.9. The van der Waals surface area contributed by atoms with Crippen molar-refractivity contribution in [1.82, 2.24) is 14.8 Å². The first-order valence-corrected chi connectivity index (χ1v) is 8.28. The number of benzene rings is 1. The Labute approximate surface area is 139 Å². The second-order valence-corrected chi connectivity index (χ2v) is 5.93. The highest BCUT2D eigenvalue weighted by Crippen LogP contribution is 2.12. The van der Waals surface area contributed by atoms with E-state index in [0.717, 1.165) is 25.9 Å². The Morgan fingerprint density at radius 1 is 1.12 bits per heavy atom. The number of aromatic nitrogens is 1.